The number of nitrogens with one attached hydrogen (secondary N) is 1. The van der Waals surface area contributed by atoms with Crippen molar-refractivity contribution in [2.24, 2.45) is 4.99 Å². The number of ether oxygens (including phenoxy) is 1. The number of anilines is 1. The summed E-state index contributed by atoms with van der Waals surface area (Å²) in [4.78, 5) is 15.8. The maximum atomic E-state index is 6.12. The van der Waals surface area contributed by atoms with Gasteiger partial charge < -0.3 is 19.9 Å². The first kappa shape index (κ1) is 20.6. The van der Waals surface area contributed by atoms with Crippen LogP contribution >= 0.6 is 0 Å². The summed E-state index contributed by atoms with van der Waals surface area (Å²) in [5.41, 5.74) is 2.54. The Bertz CT molecular complexity index is 856. The van der Waals surface area contributed by atoms with Gasteiger partial charge in [0.25, 0.3) is 0 Å². The Kier molecular flexibility index (Phi) is 6.50. The summed E-state index contributed by atoms with van der Waals surface area (Å²) in [5.74, 6) is 1.89. The second kappa shape index (κ2) is 9.45. The zero-order valence-corrected chi connectivity index (χ0v) is 18.2. The van der Waals surface area contributed by atoms with Crippen molar-refractivity contribution in [1.29, 1.82) is 0 Å². The lowest BCUT2D eigenvalue weighted by molar-refractivity contribution is -0.0502. The number of morpholine rings is 1. The van der Waals surface area contributed by atoms with Gasteiger partial charge in [0.15, 0.2) is 5.96 Å². The predicted octanol–water partition coefficient (Wildman–Crippen LogP) is 1.81. The highest BCUT2D eigenvalue weighted by atomic mass is 16.5. The molecule has 0 saturated carbocycles. The van der Waals surface area contributed by atoms with E-state index in [4.69, 9.17) is 4.74 Å². The molecule has 0 amide bonds. The van der Waals surface area contributed by atoms with E-state index in [2.05, 4.69) is 61.5 Å². The summed E-state index contributed by atoms with van der Waals surface area (Å²) in [6.07, 6.45) is 2.08. The third-order valence-corrected chi connectivity index (χ3v) is 5.87. The van der Waals surface area contributed by atoms with Crippen LogP contribution in [0.3, 0.4) is 0 Å². The van der Waals surface area contributed by atoms with Crippen molar-refractivity contribution in [3.05, 3.63) is 59.8 Å². The number of likely N-dealkylation sites (tertiary alicyclic amines) is 1. The Balaban J connectivity index is 1.38. The molecule has 1 aromatic heterocycles. The van der Waals surface area contributed by atoms with Crippen LogP contribution in [0.15, 0.2) is 53.7 Å². The van der Waals surface area contributed by atoms with Crippen LogP contribution < -0.4 is 10.2 Å². The number of fused-ring (bicyclic) bond motifs is 1. The molecule has 2 saturated heterocycles. The quantitative estimate of drug-likeness (QED) is 0.602. The second-order valence-corrected chi connectivity index (χ2v) is 8.16. The van der Waals surface area contributed by atoms with Crippen molar-refractivity contribution in [3.8, 4) is 0 Å². The van der Waals surface area contributed by atoms with Crippen molar-refractivity contribution in [2.75, 3.05) is 52.3 Å². The van der Waals surface area contributed by atoms with E-state index >= 15 is 0 Å². The van der Waals surface area contributed by atoms with Crippen LogP contribution in [0.4, 0.5) is 5.82 Å². The van der Waals surface area contributed by atoms with Crippen molar-refractivity contribution in [3.63, 3.8) is 0 Å². The van der Waals surface area contributed by atoms with Crippen molar-refractivity contribution in [2.45, 2.75) is 25.2 Å². The SMILES string of the molecule is CN=C(NCc1ccnc(N(C)C)c1)N1CC2OCCN(Cc3ccccc3)C2C1. The molecule has 0 bridgehead atoms. The molecule has 0 spiro atoms. The predicted molar refractivity (Wildman–Crippen MR) is 121 cm³/mol. The number of aromatic nitrogens is 1. The molecule has 2 unspecified atom stereocenters. The van der Waals surface area contributed by atoms with Gasteiger partial charge in [-0.2, -0.15) is 0 Å². The van der Waals surface area contributed by atoms with Crippen LogP contribution in [0.1, 0.15) is 11.1 Å². The number of guanidine groups is 1. The van der Waals surface area contributed by atoms with E-state index in [1.807, 2.05) is 38.3 Å². The topological polar surface area (TPSA) is 56.2 Å². The highest BCUT2D eigenvalue weighted by molar-refractivity contribution is 5.80. The Morgan fingerprint density at radius 1 is 1.20 bits per heavy atom. The second-order valence-electron chi connectivity index (χ2n) is 8.16. The molecule has 0 radical (unpaired) electrons. The van der Waals surface area contributed by atoms with Crippen LogP contribution in [0.5, 0.6) is 0 Å². The average molecular weight is 409 g/mol. The summed E-state index contributed by atoms with van der Waals surface area (Å²) >= 11 is 0. The maximum Gasteiger partial charge on any atom is 0.194 e. The maximum absolute atomic E-state index is 6.12. The third kappa shape index (κ3) is 4.74. The normalized spacial score (nSPS) is 22.1. The van der Waals surface area contributed by atoms with Crippen molar-refractivity contribution >= 4 is 11.8 Å². The van der Waals surface area contributed by atoms with Gasteiger partial charge in [-0.25, -0.2) is 4.98 Å². The summed E-state index contributed by atoms with van der Waals surface area (Å²) < 4.78 is 6.12. The monoisotopic (exact) mass is 408 g/mol. The molecular weight excluding hydrogens is 376 g/mol. The summed E-state index contributed by atoms with van der Waals surface area (Å²) in [6, 6.07) is 15.2. The molecule has 2 aliphatic heterocycles. The lowest BCUT2D eigenvalue weighted by atomic mass is 10.1. The molecule has 160 valence electrons. The van der Waals surface area contributed by atoms with Crippen LogP contribution in [0, 0.1) is 0 Å². The van der Waals surface area contributed by atoms with Gasteiger partial charge in [0, 0.05) is 60.1 Å². The molecule has 30 heavy (non-hydrogen) atoms. The summed E-state index contributed by atoms with van der Waals surface area (Å²) in [7, 11) is 5.86. The largest absolute Gasteiger partial charge is 0.373 e. The molecule has 7 nitrogen and oxygen atoms in total. The van der Waals surface area contributed by atoms with Gasteiger partial charge in [-0.15, -0.1) is 0 Å². The number of hydrogen-bond donors (Lipinski definition) is 1. The molecule has 2 aromatic rings. The smallest absolute Gasteiger partial charge is 0.194 e. The van der Waals surface area contributed by atoms with Gasteiger partial charge >= 0.3 is 0 Å². The molecule has 1 aromatic carbocycles. The summed E-state index contributed by atoms with van der Waals surface area (Å²) in [5, 5.41) is 3.52. The van der Waals surface area contributed by atoms with E-state index in [1.54, 1.807) is 0 Å². The summed E-state index contributed by atoms with van der Waals surface area (Å²) in [6.45, 7) is 5.25. The fourth-order valence-electron chi connectivity index (χ4n) is 4.27. The van der Waals surface area contributed by atoms with E-state index in [0.717, 1.165) is 51.1 Å². The van der Waals surface area contributed by atoms with E-state index < -0.39 is 0 Å². The first-order valence-electron chi connectivity index (χ1n) is 10.6. The first-order chi connectivity index (χ1) is 14.6. The Morgan fingerprint density at radius 2 is 2.03 bits per heavy atom. The number of aliphatic imine (C=N–C) groups is 1. The molecule has 0 aliphatic carbocycles. The zero-order chi connectivity index (χ0) is 20.9. The molecule has 1 N–H and O–H groups in total. The molecule has 4 rings (SSSR count). The van der Waals surface area contributed by atoms with Crippen molar-refractivity contribution in [1.82, 2.24) is 20.1 Å². The number of benzene rings is 1. The minimum absolute atomic E-state index is 0.224. The number of rotatable bonds is 5. The van der Waals surface area contributed by atoms with Gasteiger partial charge in [0.2, 0.25) is 0 Å². The van der Waals surface area contributed by atoms with Crippen LogP contribution in [-0.4, -0.2) is 80.3 Å². The van der Waals surface area contributed by atoms with Gasteiger partial charge in [0.1, 0.15) is 5.82 Å². The van der Waals surface area contributed by atoms with E-state index in [9.17, 15) is 0 Å². The van der Waals surface area contributed by atoms with Gasteiger partial charge in [-0.1, -0.05) is 30.3 Å². The van der Waals surface area contributed by atoms with Crippen molar-refractivity contribution < 1.29 is 4.74 Å². The van der Waals surface area contributed by atoms with E-state index in [1.165, 1.54) is 11.1 Å². The fraction of sp³-hybridized carbons (Fsp3) is 0.478. The molecular formula is C23H32N6O. The lowest BCUT2D eigenvalue weighted by Gasteiger charge is -2.36. The molecule has 3 heterocycles. The Morgan fingerprint density at radius 3 is 2.80 bits per heavy atom. The minimum atomic E-state index is 0.224. The van der Waals surface area contributed by atoms with Crippen LogP contribution in [0.2, 0.25) is 0 Å². The molecule has 7 heteroatoms. The highest BCUT2D eigenvalue weighted by Crippen LogP contribution is 2.24. The third-order valence-electron chi connectivity index (χ3n) is 5.87. The average Bonchev–Trinajstić information content (AvgIpc) is 3.20. The first-order valence-corrected chi connectivity index (χ1v) is 10.6. The molecule has 2 atom stereocenters. The van der Waals surface area contributed by atoms with E-state index in [0.29, 0.717) is 6.04 Å². The zero-order valence-electron chi connectivity index (χ0n) is 18.2. The fourth-order valence-corrected chi connectivity index (χ4v) is 4.27. The standard InChI is InChI=1S/C23H32N6O/c1-24-23(26-14-19-9-10-25-22(13-19)27(2)3)29-16-20-21(17-29)30-12-11-28(20)15-18-7-5-4-6-8-18/h4-10,13,20-21H,11-12,14-17H2,1-3H3,(H,24,26). The van der Waals surface area contributed by atoms with E-state index in [-0.39, 0.29) is 6.10 Å². The van der Waals surface area contributed by atoms with Crippen LogP contribution in [-0.2, 0) is 17.8 Å². The Hall–Kier alpha value is -2.64. The highest BCUT2D eigenvalue weighted by Gasteiger charge is 2.41. The molecule has 2 fully saturated rings. The number of pyridine rings is 1. The lowest BCUT2D eigenvalue weighted by Crippen LogP contribution is -2.50. The Labute approximate surface area is 179 Å². The van der Waals surface area contributed by atoms with Crippen LogP contribution in [0.25, 0.3) is 0 Å². The van der Waals surface area contributed by atoms with Gasteiger partial charge in [-0.05, 0) is 23.3 Å². The number of hydrogen-bond acceptors (Lipinski definition) is 5. The molecule has 2 aliphatic rings. The minimum Gasteiger partial charge on any atom is -0.373 e. The van der Waals surface area contributed by atoms with Gasteiger partial charge in [0.05, 0.1) is 18.8 Å². The number of nitrogens with zero attached hydrogens (tertiary/aromatic N) is 5. The van der Waals surface area contributed by atoms with Gasteiger partial charge in [-0.3, -0.25) is 9.89 Å².